The van der Waals surface area contributed by atoms with Crippen LogP contribution in [0.3, 0.4) is 0 Å². The molecule has 7 heteroatoms. The molecule has 0 fully saturated rings. The van der Waals surface area contributed by atoms with Gasteiger partial charge in [-0.25, -0.2) is 4.98 Å². The molecule has 3 aromatic rings. The topological polar surface area (TPSA) is 81.7 Å². The van der Waals surface area contributed by atoms with Crippen molar-refractivity contribution >= 4 is 23.1 Å². The van der Waals surface area contributed by atoms with E-state index in [0.29, 0.717) is 35.2 Å². The summed E-state index contributed by atoms with van der Waals surface area (Å²) in [5.41, 5.74) is 1.78. The summed E-state index contributed by atoms with van der Waals surface area (Å²) in [6, 6.07) is 16.2. The highest BCUT2D eigenvalue weighted by atomic mass is 16.5. The molecule has 0 saturated carbocycles. The highest BCUT2D eigenvalue weighted by Gasteiger charge is 2.12. The van der Waals surface area contributed by atoms with E-state index in [4.69, 9.17) is 14.2 Å². The number of benzene rings is 2. The zero-order chi connectivity index (χ0) is 20.6. The second kappa shape index (κ2) is 9.45. The summed E-state index contributed by atoms with van der Waals surface area (Å²) in [6.45, 7) is 2.50. The first-order valence-electron chi connectivity index (χ1n) is 9.13. The van der Waals surface area contributed by atoms with Crippen LogP contribution in [-0.2, 0) is 0 Å². The van der Waals surface area contributed by atoms with E-state index in [0.717, 1.165) is 11.4 Å². The normalized spacial score (nSPS) is 10.2. The summed E-state index contributed by atoms with van der Waals surface area (Å²) in [7, 11) is 3.10. The number of aromatic nitrogens is 1. The van der Waals surface area contributed by atoms with Crippen LogP contribution in [0.1, 0.15) is 17.3 Å². The van der Waals surface area contributed by atoms with E-state index in [1.54, 1.807) is 37.4 Å². The summed E-state index contributed by atoms with van der Waals surface area (Å²) in [4.78, 5) is 16.9. The molecule has 0 aliphatic rings. The van der Waals surface area contributed by atoms with Crippen molar-refractivity contribution in [3.63, 3.8) is 0 Å². The Bertz CT molecular complexity index is 974. The van der Waals surface area contributed by atoms with Crippen LogP contribution >= 0.6 is 0 Å². The van der Waals surface area contributed by atoms with Gasteiger partial charge in [0, 0.05) is 12.3 Å². The molecule has 29 heavy (non-hydrogen) atoms. The molecule has 0 aliphatic heterocycles. The van der Waals surface area contributed by atoms with E-state index < -0.39 is 0 Å². The highest BCUT2D eigenvalue weighted by molar-refractivity contribution is 6.05. The molecular formula is C22H23N3O4. The zero-order valence-corrected chi connectivity index (χ0v) is 16.6. The van der Waals surface area contributed by atoms with E-state index in [2.05, 4.69) is 15.6 Å². The van der Waals surface area contributed by atoms with Crippen LogP contribution in [0, 0.1) is 0 Å². The number of methoxy groups -OCH3 is 2. The summed E-state index contributed by atoms with van der Waals surface area (Å²) >= 11 is 0. The van der Waals surface area contributed by atoms with Gasteiger partial charge in [0.2, 0.25) is 0 Å². The van der Waals surface area contributed by atoms with Crippen LogP contribution < -0.4 is 24.8 Å². The minimum atomic E-state index is -0.290. The first kappa shape index (κ1) is 20.0. The number of hydrogen-bond donors (Lipinski definition) is 2. The first-order chi connectivity index (χ1) is 14.1. The summed E-state index contributed by atoms with van der Waals surface area (Å²) in [5, 5.41) is 6.03. The van der Waals surface area contributed by atoms with E-state index in [1.807, 2.05) is 31.2 Å². The molecule has 1 heterocycles. The van der Waals surface area contributed by atoms with E-state index >= 15 is 0 Å². The number of hydrogen-bond acceptors (Lipinski definition) is 6. The zero-order valence-electron chi connectivity index (χ0n) is 16.6. The smallest absolute Gasteiger partial charge is 0.257 e. The maximum absolute atomic E-state index is 12.6. The molecule has 0 atom stereocenters. The van der Waals surface area contributed by atoms with Gasteiger partial charge in [0.15, 0.2) is 0 Å². The molecule has 0 spiro atoms. The number of anilines is 3. The van der Waals surface area contributed by atoms with Crippen molar-refractivity contribution in [1.29, 1.82) is 0 Å². The predicted octanol–water partition coefficient (Wildman–Crippen LogP) is 4.49. The van der Waals surface area contributed by atoms with Crippen LogP contribution in [0.25, 0.3) is 0 Å². The van der Waals surface area contributed by atoms with Gasteiger partial charge in [-0.1, -0.05) is 12.1 Å². The fourth-order valence-corrected chi connectivity index (χ4v) is 2.69. The Hall–Kier alpha value is -3.74. The minimum absolute atomic E-state index is 0.290. The minimum Gasteiger partial charge on any atom is -0.497 e. The second-order valence-corrected chi connectivity index (χ2v) is 6.01. The lowest BCUT2D eigenvalue weighted by Gasteiger charge is -2.13. The maximum atomic E-state index is 12.6. The Balaban J connectivity index is 1.71. The van der Waals surface area contributed by atoms with E-state index in [9.17, 15) is 4.79 Å². The Morgan fingerprint density at radius 2 is 1.79 bits per heavy atom. The van der Waals surface area contributed by atoms with Gasteiger partial charge < -0.3 is 24.8 Å². The second-order valence-electron chi connectivity index (χ2n) is 6.01. The Morgan fingerprint density at radius 1 is 0.966 bits per heavy atom. The molecule has 1 aromatic heterocycles. The molecule has 3 rings (SSSR count). The number of para-hydroxylation sites is 2. The quantitative estimate of drug-likeness (QED) is 0.587. The van der Waals surface area contributed by atoms with Crippen LogP contribution in [-0.4, -0.2) is 31.7 Å². The van der Waals surface area contributed by atoms with Gasteiger partial charge in [-0.15, -0.1) is 0 Å². The molecule has 1 amide bonds. The lowest BCUT2D eigenvalue weighted by molar-refractivity contribution is 0.102. The third-order valence-electron chi connectivity index (χ3n) is 4.13. The molecule has 0 aliphatic carbocycles. The molecule has 150 valence electrons. The van der Waals surface area contributed by atoms with E-state index in [1.165, 1.54) is 13.3 Å². The highest BCUT2D eigenvalue weighted by Crippen LogP contribution is 2.30. The standard InChI is InChI=1S/C22H23N3O4/c1-4-29-19-8-6-5-7-17(19)24-21-12-9-15(14-23-21)22(26)25-18-11-10-16(27-2)13-20(18)28-3/h5-14H,4H2,1-3H3,(H,23,24)(H,25,26). The lowest BCUT2D eigenvalue weighted by Crippen LogP contribution is -2.13. The van der Waals surface area contributed by atoms with Gasteiger partial charge >= 0.3 is 0 Å². The van der Waals surface area contributed by atoms with Gasteiger partial charge in [0.25, 0.3) is 5.91 Å². The molecule has 2 N–H and O–H groups in total. The summed E-state index contributed by atoms with van der Waals surface area (Å²) in [6.07, 6.45) is 1.51. The van der Waals surface area contributed by atoms with Gasteiger partial charge in [0.1, 0.15) is 23.1 Å². The van der Waals surface area contributed by atoms with Crippen molar-refractivity contribution in [2.24, 2.45) is 0 Å². The van der Waals surface area contributed by atoms with Crippen molar-refractivity contribution in [2.75, 3.05) is 31.5 Å². The van der Waals surface area contributed by atoms with Crippen molar-refractivity contribution in [3.05, 3.63) is 66.4 Å². The molecule has 0 unspecified atom stereocenters. The van der Waals surface area contributed by atoms with Crippen LogP contribution in [0.2, 0.25) is 0 Å². The summed E-state index contributed by atoms with van der Waals surface area (Å²) in [5.74, 6) is 2.21. The fraction of sp³-hybridized carbons (Fsp3) is 0.182. The molecule has 0 radical (unpaired) electrons. The van der Waals surface area contributed by atoms with Crippen molar-refractivity contribution in [2.45, 2.75) is 6.92 Å². The van der Waals surface area contributed by atoms with Gasteiger partial charge in [0.05, 0.1) is 37.8 Å². The average Bonchev–Trinajstić information content (AvgIpc) is 2.76. The van der Waals surface area contributed by atoms with Gasteiger partial charge in [-0.2, -0.15) is 0 Å². The maximum Gasteiger partial charge on any atom is 0.257 e. The van der Waals surface area contributed by atoms with Crippen molar-refractivity contribution < 1.29 is 19.0 Å². The van der Waals surface area contributed by atoms with Crippen LogP contribution in [0.4, 0.5) is 17.2 Å². The molecule has 0 saturated heterocycles. The number of nitrogens with one attached hydrogen (secondary N) is 2. The lowest BCUT2D eigenvalue weighted by atomic mass is 10.2. The molecule has 7 nitrogen and oxygen atoms in total. The number of carbonyl (C=O) groups is 1. The number of rotatable bonds is 8. The number of pyridine rings is 1. The molecule has 2 aromatic carbocycles. The fourth-order valence-electron chi connectivity index (χ4n) is 2.69. The average molecular weight is 393 g/mol. The SMILES string of the molecule is CCOc1ccccc1Nc1ccc(C(=O)Nc2ccc(OC)cc2OC)cn1. The monoisotopic (exact) mass is 393 g/mol. The number of amides is 1. The van der Waals surface area contributed by atoms with Crippen LogP contribution in [0.15, 0.2) is 60.8 Å². The third-order valence-corrected chi connectivity index (χ3v) is 4.13. The predicted molar refractivity (Wildman–Crippen MR) is 113 cm³/mol. The Kier molecular flexibility index (Phi) is 6.52. The van der Waals surface area contributed by atoms with Crippen molar-refractivity contribution in [1.82, 2.24) is 4.98 Å². The first-order valence-corrected chi connectivity index (χ1v) is 9.13. The van der Waals surface area contributed by atoms with E-state index in [-0.39, 0.29) is 5.91 Å². The Labute approximate surface area is 169 Å². The number of nitrogens with zero attached hydrogens (tertiary/aromatic N) is 1. The number of carbonyl (C=O) groups excluding carboxylic acids is 1. The largest absolute Gasteiger partial charge is 0.497 e. The van der Waals surface area contributed by atoms with Crippen LogP contribution in [0.5, 0.6) is 17.2 Å². The van der Waals surface area contributed by atoms with Gasteiger partial charge in [-0.05, 0) is 43.3 Å². The summed E-state index contributed by atoms with van der Waals surface area (Å²) < 4.78 is 16.1. The third kappa shape index (κ3) is 4.95. The van der Waals surface area contributed by atoms with Gasteiger partial charge in [-0.3, -0.25) is 4.79 Å². The van der Waals surface area contributed by atoms with Crippen molar-refractivity contribution in [3.8, 4) is 17.2 Å². The Morgan fingerprint density at radius 3 is 2.48 bits per heavy atom. The molecular weight excluding hydrogens is 370 g/mol. The molecule has 0 bridgehead atoms. The number of ether oxygens (including phenoxy) is 3.